The lowest BCUT2D eigenvalue weighted by Gasteiger charge is -2.36. The minimum absolute atomic E-state index is 0.0472. The van der Waals surface area contributed by atoms with Crippen LogP contribution < -0.4 is 15.5 Å². The van der Waals surface area contributed by atoms with E-state index in [1.54, 1.807) is 0 Å². The van der Waals surface area contributed by atoms with Crippen molar-refractivity contribution < 1.29 is 14.4 Å². The minimum Gasteiger partial charge on any atom is -0.367 e. The van der Waals surface area contributed by atoms with Crippen molar-refractivity contribution in [3.63, 3.8) is 0 Å². The van der Waals surface area contributed by atoms with Gasteiger partial charge in [0, 0.05) is 38.8 Å². The molecule has 1 aromatic heterocycles. The average Bonchev–Trinajstić information content (AvgIpc) is 3.46. The van der Waals surface area contributed by atoms with Crippen molar-refractivity contribution in [1.82, 2.24) is 20.5 Å². The molecule has 3 heterocycles. The number of urea groups is 1. The van der Waals surface area contributed by atoms with Gasteiger partial charge in [-0.1, -0.05) is 0 Å². The fourth-order valence-corrected chi connectivity index (χ4v) is 4.14. The van der Waals surface area contributed by atoms with Gasteiger partial charge in [0.2, 0.25) is 5.91 Å². The quantitative estimate of drug-likeness (QED) is 0.747. The first kappa shape index (κ1) is 17.8. The Hall–Kier alpha value is -2.64. The molecule has 1 saturated carbocycles. The van der Waals surface area contributed by atoms with E-state index in [2.05, 4.69) is 26.6 Å². The van der Waals surface area contributed by atoms with Crippen molar-refractivity contribution in [1.29, 1.82) is 0 Å². The Morgan fingerprint density at radius 2 is 1.96 bits per heavy atom. The van der Waals surface area contributed by atoms with Crippen LogP contribution in [0.4, 0.5) is 10.5 Å². The third kappa shape index (κ3) is 3.48. The Morgan fingerprint density at radius 3 is 2.56 bits per heavy atom. The molecular weight excluding hydrogens is 346 g/mol. The molecule has 0 aromatic carbocycles. The number of nitrogens with one attached hydrogen (secondary N) is 2. The van der Waals surface area contributed by atoms with E-state index in [1.165, 1.54) is 0 Å². The van der Waals surface area contributed by atoms with E-state index in [0.717, 1.165) is 37.2 Å². The highest BCUT2D eigenvalue weighted by molar-refractivity contribution is 6.07. The number of amides is 4. The molecule has 8 nitrogen and oxygen atoms in total. The van der Waals surface area contributed by atoms with Crippen molar-refractivity contribution in [3.05, 3.63) is 24.0 Å². The van der Waals surface area contributed by atoms with Crippen LogP contribution in [0, 0.1) is 12.8 Å². The molecule has 27 heavy (non-hydrogen) atoms. The monoisotopic (exact) mass is 371 g/mol. The normalized spacial score (nSPS) is 25.4. The number of rotatable bonds is 5. The molecule has 1 aliphatic carbocycles. The number of carbonyl (C=O) groups is 3. The number of aryl methyl sites for hydroxylation is 1. The number of anilines is 1. The standard InChI is InChI=1S/C19H25N5O3/c1-13-10-15(12-20-11-13)23-6-8-24(9-7-23)16(25)4-5-19(14-2-3-14)17(26)21-18(27)22-19/h10-12,14H,2-9H2,1H3,(H2,21,22,26,27). The van der Waals surface area contributed by atoms with E-state index < -0.39 is 11.6 Å². The van der Waals surface area contributed by atoms with E-state index in [0.29, 0.717) is 19.5 Å². The molecule has 1 aromatic rings. The molecule has 3 aliphatic rings. The number of piperazine rings is 1. The van der Waals surface area contributed by atoms with Gasteiger partial charge in [0.15, 0.2) is 0 Å². The van der Waals surface area contributed by atoms with Gasteiger partial charge in [-0.3, -0.25) is 19.9 Å². The van der Waals surface area contributed by atoms with Crippen LogP contribution in [0.25, 0.3) is 0 Å². The number of aromatic nitrogens is 1. The second kappa shape index (κ2) is 6.83. The van der Waals surface area contributed by atoms with Gasteiger partial charge in [-0.15, -0.1) is 0 Å². The third-order valence-corrected chi connectivity index (χ3v) is 5.83. The number of hydrogen-bond donors (Lipinski definition) is 2. The summed E-state index contributed by atoms with van der Waals surface area (Å²) in [5, 5.41) is 5.12. The van der Waals surface area contributed by atoms with E-state index >= 15 is 0 Å². The van der Waals surface area contributed by atoms with Crippen LogP contribution in [0.15, 0.2) is 18.5 Å². The second-order valence-electron chi connectivity index (χ2n) is 7.74. The number of hydrogen-bond acceptors (Lipinski definition) is 5. The SMILES string of the molecule is Cc1cncc(N2CCN(C(=O)CCC3(C4CC4)NC(=O)NC3=O)CC2)c1. The van der Waals surface area contributed by atoms with Gasteiger partial charge in [-0.2, -0.15) is 0 Å². The smallest absolute Gasteiger partial charge is 0.322 e. The average molecular weight is 371 g/mol. The lowest BCUT2D eigenvalue weighted by atomic mass is 9.87. The van der Waals surface area contributed by atoms with Crippen LogP contribution in [0.1, 0.15) is 31.2 Å². The maximum atomic E-state index is 12.7. The van der Waals surface area contributed by atoms with Gasteiger partial charge in [-0.25, -0.2) is 4.79 Å². The summed E-state index contributed by atoms with van der Waals surface area (Å²) in [6, 6.07) is 1.66. The molecule has 144 valence electrons. The van der Waals surface area contributed by atoms with E-state index in [9.17, 15) is 14.4 Å². The third-order valence-electron chi connectivity index (χ3n) is 5.83. The first-order valence-corrected chi connectivity index (χ1v) is 9.56. The molecular formula is C19H25N5O3. The van der Waals surface area contributed by atoms with Crippen LogP contribution in [-0.2, 0) is 9.59 Å². The number of carbonyl (C=O) groups excluding carboxylic acids is 3. The van der Waals surface area contributed by atoms with Crippen LogP contribution >= 0.6 is 0 Å². The summed E-state index contributed by atoms with van der Waals surface area (Å²) >= 11 is 0. The first-order valence-electron chi connectivity index (χ1n) is 9.56. The lowest BCUT2D eigenvalue weighted by molar-refractivity contribution is -0.132. The second-order valence-corrected chi connectivity index (χ2v) is 7.74. The zero-order valence-corrected chi connectivity index (χ0v) is 15.5. The Labute approximate surface area is 158 Å². The summed E-state index contributed by atoms with van der Waals surface area (Å²) in [7, 11) is 0. The summed E-state index contributed by atoms with van der Waals surface area (Å²) in [6.45, 7) is 4.86. The van der Waals surface area contributed by atoms with Crippen molar-refractivity contribution >= 4 is 23.5 Å². The molecule has 8 heteroatoms. The van der Waals surface area contributed by atoms with Gasteiger partial charge >= 0.3 is 6.03 Å². The van der Waals surface area contributed by atoms with E-state index in [4.69, 9.17) is 0 Å². The van der Waals surface area contributed by atoms with Crippen LogP contribution in [0.5, 0.6) is 0 Å². The van der Waals surface area contributed by atoms with Gasteiger partial charge in [0.1, 0.15) is 5.54 Å². The molecule has 1 unspecified atom stereocenters. The van der Waals surface area contributed by atoms with Crippen LogP contribution in [-0.4, -0.2) is 59.4 Å². The largest absolute Gasteiger partial charge is 0.367 e. The maximum Gasteiger partial charge on any atom is 0.322 e. The van der Waals surface area contributed by atoms with Gasteiger partial charge in [0.05, 0.1) is 11.9 Å². The summed E-state index contributed by atoms with van der Waals surface area (Å²) < 4.78 is 0. The number of pyridine rings is 1. The molecule has 2 N–H and O–H groups in total. The van der Waals surface area contributed by atoms with Crippen molar-refractivity contribution in [2.24, 2.45) is 5.92 Å². The fourth-order valence-electron chi connectivity index (χ4n) is 4.14. The molecule has 0 spiro atoms. The Morgan fingerprint density at radius 1 is 1.22 bits per heavy atom. The highest BCUT2D eigenvalue weighted by Gasteiger charge is 2.55. The fraction of sp³-hybridized carbons (Fsp3) is 0.579. The van der Waals surface area contributed by atoms with Gasteiger partial charge in [-0.05, 0) is 43.7 Å². The van der Waals surface area contributed by atoms with Crippen molar-refractivity contribution in [3.8, 4) is 0 Å². The number of nitrogens with zero attached hydrogens (tertiary/aromatic N) is 3. The highest BCUT2D eigenvalue weighted by atomic mass is 16.2. The highest BCUT2D eigenvalue weighted by Crippen LogP contribution is 2.43. The van der Waals surface area contributed by atoms with E-state index in [-0.39, 0.29) is 24.2 Å². The molecule has 2 saturated heterocycles. The van der Waals surface area contributed by atoms with E-state index in [1.807, 2.05) is 24.2 Å². The Kier molecular flexibility index (Phi) is 4.49. The molecule has 3 fully saturated rings. The topological polar surface area (TPSA) is 94.6 Å². The Bertz CT molecular complexity index is 770. The summed E-state index contributed by atoms with van der Waals surface area (Å²) in [6.07, 6.45) is 6.17. The predicted molar refractivity (Wildman–Crippen MR) is 99.1 cm³/mol. The number of imide groups is 1. The summed E-state index contributed by atoms with van der Waals surface area (Å²) in [4.78, 5) is 44.9. The molecule has 2 aliphatic heterocycles. The zero-order chi connectivity index (χ0) is 19.0. The van der Waals surface area contributed by atoms with Crippen molar-refractivity contribution in [2.45, 2.75) is 38.1 Å². The van der Waals surface area contributed by atoms with Crippen molar-refractivity contribution in [2.75, 3.05) is 31.1 Å². The molecule has 4 rings (SSSR count). The molecule has 4 amide bonds. The molecule has 1 atom stereocenters. The Balaban J connectivity index is 1.32. The lowest BCUT2D eigenvalue weighted by Crippen LogP contribution is -2.51. The zero-order valence-electron chi connectivity index (χ0n) is 15.5. The van der Waals surface area contributed by atoms with Gasteiger partial charge < -0.3 is 15.1 Å². The minimum atomic E-state index is -0.887. The van der Waals surface area contributed by atoms with Crippen LogP contribution in [0.3, 0.4) is 0 Å². The molecule has 0 bridgehead atoms. The maximum absolute atomic E-state index is 12.7. The summed E-state index contributed by atoms with van der Waals surface area (Å²) in [5.41, 5.74) is 1.32. The van der Waals surface area contributed by atoms with Gasteiger partial charge in [0.25, 0.3) is 5.91 Å². The van der Waals surface area contributed by atoms with Crippen LogP contribution in [0.2, 0.25) is 0 Å². The first-order chi connectivity index (χ1) is 13.0. The predicted octanol–water partition coefficient (Wildman–Crippen LogP) is 0.807. The molecule has 0 radical (unpaired) electrons. The summed E-state index contributed by atoms with van der Waals surface area (Å²) in [5.74, 6) is -0.0759.